The van der Waals surface area contributed by atoms with Crippen LogP contribution in [0.1, 0.15) is 24.1 Å². The first-order valence-corrected chi connectivity index (χ1v) is 8.85. The fraction of sp³-hybridized carbons (Fsp3) is 0.0952. The number of nitrogens with one attached hydrogen (secondary N) is 1. The van der Waals surface area contributed by atoms with Crippen LogP contribution in [-0.4, -0.2) is 19.9 Å². The number of para-hydroxylation sites is 1. The van der Waals surface area contributed by atoms with Gasteiger partial charge in [0.2, 0.25) is 0 Å². The van der Waals surface area contributed by atoms with Gasteiger partial charge in [0.05, 0.1) is 11.7 Å². The van der Waals surface area contributed by atoms with Crippen LogP contribution in [0.5, 0.6) is 0 Å². The standard InChI is InChI=1S/C21H16FN7/c1-12(29-21-14(9-23)20(24)27-11-28-21)15-10-26-19-13(5-4-6-16(19)22)18(15)17-7-2-3-8-25-17/h2-8,10-12H,1H3,(H3,24,27,28,29). The number of hydrogen-bond acceptors (Lipinski definition) is 7. The zero-order chi connectivity index (χ0) is 20.4. The summed E-state index contributed by atoms with van der Waals surface area (Å²) in [6, 6.07) is 12.1. The largest absolute Gasteiger partial charge is 0.382 e. The van der Waals surface area contributed by atoms with E-state index >= 15 is 0 Å². The number of nitrogen functional groups attached to an aromatic ring is 1. The van der Waals surface area contributed by atoms with Gasteiger partial charge in [-0.05, 0) is 25.1 Å². The third kappa shape index (κ3) is 3.30. The number of anilines is 2. The van der Waals surface area contributed by atoms with Crippen LogP contribution in [0, 0.1) is 17.1 Å². The molecule has 3 aromatic heterocycles. The average Bonchev–Trinajstić information content (AvgIpc) is 2.74. The molecule has 7 nitrogen and oxygen atoms in total. The lowest BCUT2D eigenvalue weighted by Gasteiger charge is -2.20. The zero-order valence-corrected chi connectivity index (χ0v) is 15.5. The molecule has 0 radical (unpaired) electrons. The molecule has 4 aromatic rings. The number of benzene rings is 1. The van der Waals surface area contributed by atoms with Gasteiger partial charge in [-0.1, -0.05) is 18.2 Å². The molecule has 1 atom stereocenters. The number of nitrogens with zero attached hydrogens (tertiary/aromatic N) is 5. The van der Waals surface area contributed by atoms with Crippen LogP contribution in [0.15, 0.2) is 55.1 Å². The Balaban J connectivity index is 1.88. The lowest BCUT2D eigenvalue weighted by atomic mass is 9.96. The molecule has 29 heavy (non-hydrogen) atoms. The number of hydrogen-bond donors (Lipinski definition) is 2. The maximum Gasteiger partial charge on any atom is 0.150 e. The van der Waals surface area contributed by atoms with Crippen LogP contribution >= 0.6 is 0 Å². The number of nitriles is 1. The Kier molecular flexibility index (Phi) is 4.71. The summed E-state index contributed by atoms with van der Waals surface area (Å²) < 4.78 is 14.3. The first kappa shape index (κ1) is 18.3. The summed E-state index contributed by atoms with van der Waals surface area (Å²) >= 11 is 0. The van der Waals surface area contributed by atoms with E-state index in [4.69, 9.17) is 5.73 Å². The molecule has 0 fully saturated rings. The van der Waals surface area contributed by atoms with Crippen molar-refractivity contribution in [2.75, 3.05) is 11.1 Å². The monoisotopic (exact) mass is 385 g/mol. The van der Waals surface area contributed by atoms with Gasteiger partial charge in [-0.25, -0.2) is 14.4 Å². The quantitative estimate of drug-likeness (QED) is 0.548. The molecule has 0 saturated carbocycles. The van der Waals surface area contributed by atoms with Crippen molar-refractivity contribution in [2.45, 2.75) is 13.0 Å². The van der Waals surface area contributed by atoms with Crippen LogP contribution in [0.3, 0.4) is 0 Å². The highest BCUT2D eigenvalue weighted by Gasteiger charge is 2.20. The van der Waals surface area contributed by atoms with E-state index in [1.807, 2.05) is 37.3 Å². The van der Waals surface area contributed by atoms with E-state index in [1.165, 1.54) is 12.4 Å². The van der Waals surface area contributed by atoms with E-state index in [0.29, 0.717) is 16.9 Å². The third-order valence-corrected chi connectivity index (χ3v) is 4.61. The highest BCUT2D eigenvalue weighted by Crippen LogP contribution is 2.35. The van der Waals surface area contributed by atoms with Crippen LogP contribution in [0.25, 0.3) is 22.2 Å². The number of halogens is 1. The van der Waals surface area contributed by atoms with Crippen molar-refractivity contribution in [2.24, 2.45) is 0 Å². The van der Waals surface area contributed by atoms with Crippen molar-refractivity contribution in [3.8, 4) is 17.3 Å². The summed E-state index contributed by atoms with van der Waals surface area (Å²) in [5, 5.41) is 13.2. The first-order chi connectivity index (χ1) is 14.1. The van der Waals surface area contributed by atoms with Crippen molar-refractivity contribution in [3.05, 3.63) is 72.1 Å². The molecule has 3 N–H and O–H groups in total. The van der Waals surface area contributed by atoms with Gasteiger partial charge in [0.25, 0.3) is 0 Å². The molecule has 8 heteroatoms. The smallest absolute Gasteiger partial charge is 0.150 e. The van der Waals surface area contributed by atoms with E-state index in [0.717, 1.165) is 11.1 Å². The maximum absolute atomic E-state index is 14.3. The Labute approximate surface area is 166 Å². The lowest BCUT2D eigenvalue weighted by molar-refractivity contribution is 0.636. The summed E-state index contributed by atoms with van der Waals surface area (Å²) in [6.45, 7) is 1.90. The van der Waals surface area contributed by atoms with Crippen molar-refractivity contribution in [3.63, 3.8) is 0 Å². The summed E-state index contributed by atoms with van der Waals surface area (Å²) in [6.07, 6.45) is 4.59. The van der Waals surface area contributed by atoms with Crippen molar-refractivity contribution in [1.82, 2.24) is 19.9 Å². The van der Waals surface area contributed by atoms with Crippen LogP contribution in [0.4, 0.5) is 16.0 Å². The van der Waals surface area contributed by atoms with E-state index < -0.39 is 5.82 Å². The second kappa shape index (κ2) is 7.48. The van der Waals surface area contributed by atoms with Gasteiger partial charge in [-0.3, -0.25) is 9.97 Å². The Hall–Kier alpha value is -4.12. The summed E-state index contributed by atoms with van der Waals surface area (Å²) in [7, 11) is 0. The molecule has 0 spiro atoms. The van der Waals surface area contributed by atoms with Gasteiger partial charge in [-0.15, -0.1) is 0 Å². The number of rotatable bonds is 4. The van der Waals surface area contributed by atoms with Gasteiger partial charge in [0.15, 0.2) is 0 Å². The summed E-state index contributed by atoms with van der Waals surface area (Å²) in [4.78, 5) is 16.8. The molecular formula is C21H16FN7. The lowest BCUT2D eigenvalue weighted by Crippen LogP contribution is -2.13. The Morgan fingerprint density at radius 3 is 2.72 bits per heavy atom. The molecule has 4 rings (SSSR count). The first-order valence-electron chi connectivity index (χ1n) is 8.85. The molecule has 142 valence electrons. The predicted molar refractivity (Wildman–Crippen MR) is 108 cm³/mol. The van der Waals surface area contributed by atoms with E-state index in [-0.39, 0.29) is 22.9 Å². The zero-order valence-electron chi connectivity index (χ0n) is 15.5. The number of pyridine rings is 2. The molecule has 3 heterocycles. The molecule has 1 aromatic carbocycles. The number of nitrogens with two attached hydrogens (primary N) is 1. The molecule has 0 saturated heterocycles. The van der Waals surface area contributed by atoms with Gasteiger partial charge >= 0.3 is 0 Å². The second-order valence-electron chi connectivity index (χ2n) is 6.40. The summed E-state index contributed by atoms with van der Waals surface area (Å²) in [5.41, 5.74) is 8.45. The normalized spacial score (nSPS) is 11.8. The van der Waals surface area contributed by atoms with E-state index in [1.54, 1.807) is 18.5 Å². The SMILES string of the molecule is CC(Nc1ncnc(N)c1C#N)c1cnc2c(F)cccc2c1-c1ccccn1. The minimum absolute atomic E-state index is 0.0980. The van der Waals surface area contributed by atoms with Gasteiger partial charge in [0, 0.05) is 28.9 Å². The van der Waals surface area contributed by atoms with Gasteiger partial charge in [-0.2, -0.15) is 5.26 Å². The van der Waals surface area contributed by atoms with Crippen LogP contribution in [-0.2, 0) is 0 Å². The number of aromatic nitrogens is 4. The third-order valence-electron chi connectivity index (χ3n) is 4.61. The van der Waals surface area contributed by atoms with Crippen LogP contribution in [0.2, 0.25) is 0 Å². The summed E-state index contributed by atoms with van der Waals surface area (Å²) in [5.74, 6) is 0.0156. The van der Waals surface area contributed by atoms with Crippen molar-refractivity contribution < 1.29 is 4.39 Å². The Morgan fingerprint density at radius 2 is 1.97 bits per heavy atom. The highest BCUT2D eigenvalue weighted by atomic mass is 19.1. The van der Waals surface area contributed by atoms with Gasteiger partial charge < -0.3 is 11.1 Å². The van der Waals surface area contributed by atoms with Crippen molar-refractivity contribution in [1.29, 1.82) is 5.26 Å². The van der Waals surface area contributed by atoms with E-state index in [2.05, 4.69) is 25.3 Å². The predicted octanol–water partition coefficient (Wildman–Crippen LogP) is 3.85. The second-order valence-corrected chi connectivity index (χ2v) is 6.40. The number of fused-ring (bicyclic) bond motifs is 1. The maximum atomic E-state index is 14.3. The molecule has 1 unspecified atom stereocenters. The molecule has 0 aliphatic rings. The minimum Gasteiger partial charge on any atom is -0.382 e. The van der Waals surface area contributed by atoms with Crippen molar-refractivity contribution >= 4 is 22.5 Å². The topological polar surface area (TPSA) is 113 Å². The highest BCUT2D eigenvalue weighted by molar-refractivity contribution is 5.95. The van der Waals surface area contributed by atoms with Crippen LogP contribution < -0.4 is 11.1 Å². The molecular weight excluding hydrogens is 369 g/mol. The Morgan fingerprint density at radius 1 is 1.10 bits per heavy atom. The van der Waals surface area contributed by atoms with E-state index in [9.17, 15) is 9.65 Å². The Bertz CT molecular complexity index is 1240. The molecule has 0 bridgehead atoms. The fourth-order valence-electron chi connectivity index (χ4n) is 3.23. The fourth-order valence-corrected chi connectivity index (χ4v) is 3.23. The molecule has 0 amide bonds. The minimum atomic E-state index is -0.401. The molecule has 0 aliphatic carbocycles. The molecule has 0 aliphatic heterocycles. The van der Waals surface area contributed by atoms with Gasteiger partial charge in [0.1, 0.15) is 40.9 Å². The average molecular weight is 385 g/mol.